The molecule has 3 heteroatoms. The fraction of sp³-hybridized carbons (Fsp3) is 0.600. The number of hydrogen-bond acceptors (Lipinski definition) is 2. The Morgan fingerprint density at radius 2 is 2.22 bits per heavy atom. The number of likely N-dealkylation sites (tertiary alicyclic amines) is 1. The van der Waals surface area contributed by atoms with E-state index in [1.807, 2.05) is 18.2 Å². The van der Waals surface area contributed by atoms with Crippen LogP contribution in [-0.4, -0.2) is 31.1 Å². The number of benzene rings is 1. The highest BCUT2D eigenvalue weighted by Gasteiger charge is 2.22. The maximum absolute atomic E-state index is 6.17. The van der Waals surface area contributed by atoms with E-state index in [1.165, 1.54) is 31.5 Å². The molecule has 2 unspecified atom stereocenters. The third-order valence-corrected chi connectivity index (χ3v) is 4.31. The maximum atomic E-state index is 6.17. The van der Waals surface area contributed by atoms with Gasteiger partial charge < -0.3 is 10.2 Å². The zero-order valence-electron chi connectivity index (χ0n) is 11.3. The summed E-state index contributed by atoms with van der Waals surface area (Å²) in [7, 11) is 2.22. The van der Waals surface area contributed by atoms with Crippen molar-refractivity contribution in [2.75, 3.05) is 20.1 Å². The van der Waals surface area contributed by atoms with Crippen molar-refractivity contribution >= 4 is 11.6 Å². The molecule has 0 bridgehead atoms. The molecule has 1 fully saturated rings. The lowest BCUT2D eigenvalue weighted by atomic mass is 9.92. The van der Waals surface area contributed by atoms with Crippen LogP contribution < -0.4 is 5.32 Å². The number of nitrogens with one attached hydrogen (secondary N) is 1. The zero-order chi connectivity index (χ0) is 13.0. The molecule has 1 aromatic carbocycles. The van der Waals surface area contributed by atoms with E-state index in [1.54, 1.807) is 0 Å². The Hall–Kier alpha value is -0.570. The van der Waals surface area contributed by atoms with Gasteiger partial charge in [-0.3, -0.25) is 0 Å². The van der Waals surface area contributed by atoms with Gasteiger partial charge in [0.2, 0.25) is 0 Å². The molecule has 0 amide bonds. The van der Waals surface area contributed by atoms with Gasteiger partial charge in [0, 0.05) is 24.2 Å². The van der Waals surface area contributed by atoms with Crippen molar-refractivity contribution in [2.45, 2.75) is 32.4 Å². The normalized spacial score (nSPS) is 22.9. The standard InChI is InChI=1S/C15H23ClN2/c1-12(14-7-5-9-18(2)11-14)17-10-13-6-3-4-8-15(13)16/h3-4,6,8,12,14,17H,5,7,9-11H2,1-2H3. The number of nitrogens with zero attached hydrogens (tertiary/aromatic N) is 1. The van der Waals surface area contributed by atoms with Gasteiger partial charge in [0.25, 0.3) is 0 Å². The topological polar surface area (TPSA) is 15.3 Å². The average Bonchev–Trinajstić information content (AvgIpc) is 2.37. The quantitative estimate of drug-likeness (QED) is 0.901. The maximum Gasteiger partial charge on any atom is 0.0450 e. The van der Waals surface area contributed by atoms with Gasteiger partial charge in [-0.25, -0.2) is 0 Å². The summed E-state index contributed by atoms with van der Waals surface area (Å²) in [5.74, 6) is 0.756. The fourth-order valence-electron chi connectivity index (χ4n) is 2.69. The molecular weight excluding hydrogens is 244 g/mol. The Bertz CT molecular complexity index is 381. The molecule has 100 valence electrons. The smallest absolute Gasteiger partial charge is 0.0450 e. The second-order valence-electron chi connectivity index (χ2n) is 5.43. The Kier molecular flexibility index (Phi) is 5.04. The van der Waals surface area contributed by atoms with Gasteiger partial charge in [0.1, 0.15) is 0 Å². The van der Waals surface area contributed by atoms with Crippen LogP contribution in [0.15, 0.2) is 24.3 Å². The van der Waals surface area contributed by atoms with Crippen LogP contribution in [0.4, 0.5) is 0 Å². The van der Waals surface area contributed by atoms with E-state index in [2.05, 4.69) is 30.3 Å². The molecule has 1 aromatic rings. The Balaban J connectivity index is 1.84. The summed E-state index contributed by atoms with van der Waals surface area (Å²) in [6, 6.07) is 8.61. The first-order valence-electron chi connectivity index (χ1n) is 6.82. The lowest BCUT2D eigenvalue weighted by molar-refractivity contribution is 0.178. The minimum absolute atomic E-state index is 0.545. The Morgan fingerprint density at radius 3 is 2.94 bits per heavy atom. The van der Waals surface area contributed by atoms with Crippen molar-refractivity contribution in [2.24, 2.45) is 5.92 Å². The molecule has 0 spiro atoms. The molecule has 1 aliphatic rings. The summed E-state index contributed by atoms with van der Waals surface area (Å²) in [5.41, 5.74) is 1.19. The third-order valence-electron chi connectivity index (χ3n) is 3.94. The number of halogens is 1. The van der Waals surface area contributed by atoms with E-state index in [4.69, 9.17) is 11.6 Å². The first-order valence-corrected chi connectivity index (χ1v) is 7.20. The van der Waals surface area contributed by atoms with Gasteiger partial charge in [0.05, 0.1) is 0 Å². The first-order chi connectivity index (χ1) is 8.66. The zero-order valence-corrected chi connectivity index (χ0v) is 12.1. The van der Waals surface area contributed by atoms with Gasteiger partial charge in [0.15, 0.2) is 0 Å². The second-order valence-corrected chi connectivity index (χ2v) is 5.83. The molecule has 0 radical (unpaired) electrons. The monoisotopic (exact) mass is 266 g/mol. The number of piperidine rings is 1. The molecule has 18 heavy (non-hydrogen) atoms. The van der Waals surface area contributed by atoms with E-state index < -0.39 is 0 Å². The lowest BCUT2D eigenvalue weighted by Gasteiger charge is -2.34. The van der Waals surface area contributed by atoms with E-state index in [-0.39, 0.29) is 0 Å². The minimum atomic E-state index is 0.545. The molecule has 1 N–H and O–H groups in total. The average molecular weight is 267 g/mol. The predicted molar refractivity (Wildman–Crippen MR) is 78.0 cm³/mol. The molecule has 0 aliphatic carbocycles. The van der Waals surface area contributed by atoms with Gasteiger partial charge >= 0.3 is 0 Å². The molecule has 2 atom stereocenters. The van der Waals surface area contributed by atoms with E-state index in [0.717, 1.165) is 17.5 Å². The summed E-state index contributed by atoms with van der Waals surface area (Å²) < 4.78 is 0. The van der Waals surface area contributed by atoms with Crippen LogP contribution in [-0.2, 0) is 6.54 Å². The van der Waals surface area contributed by atoms with E-state index in [0.29, 0.717) is 6.04 Å². The summed E-state index contributed by atoms with van der Waals surface area (Å²) in [4.78, 5) is 2.43. The van der Waals surface area contributed by atoms with Gasteiger partial charge in [-0.1, -0.05) is 29.8 Å². The number of hydrogen-bond donors (Lipinski definition) is 1. The van der Waals surface area contributed by atoms with Crippen molar-refractivity contribution in [3.8, 4) is 0 Å². The van der Waals surface area contributed by atoms with Gasteiger partial charge in [-0.2, -0.15) is 0 Å². The minimum Gasteiger partial charge on any atom is -0.310 e. The third kappa shape index (κ3) is 3.71. The summed E-state index contributed by atoms with van der Waals surface area (Å²) in [6.45, 7) is 5.60. The summed E-state index contributed by atoms with van der Waals surface area (Å²) in [5, 5.41) is 4.48. The summed E-state index contributed by atoms with van der Waals surface area (Å²) in [6.07, 6.45) is 2.65. The van der Waals surface area contributed by atoms with Crippen molar-refractivity contribution in [3.05, 3.63) is 34.9 Å². The van der Waals surface area contributed by atoms with Crippen LogP contribution in [0.5, 0.6) is 0 Å². The lowest BCUT2D eigenvalue weighted by Crippen LogP contribution is -2.42. The summed E-state index contributed by atoms with van der Waals surface area (Å²) >= 11 is 6.17. The molecule has 1 aliphatic heterocycles. The Morgan fingerprint density at radius 1 is 1.44 bits per heavy atom. The molecule has 0 aromatic heterocycles. The molecule has 1 heterocycles. The van der Waals surface area contributed by atoms with Crippen molar-refractivity contribution < 1.29 is 0 Å². The fourth-order valence-corrected chi connectivity index (χ4v) is 2.90. The second kappa shape index (κ2) is 6.55. The van der Waals surface area contributed by atoms with Crippen LogP contribution in [0.2, 0.25) is 5.02 Å². The highest BCUT2D eigenvalue weighted by molar-refractivity contribution is 6.31. The van der Waals surface area contributed by atoms with E-state index in [9.17, 15) is 0 Å². The van der Waals surface area contributed by atoms with Gasteiger partial charge in [-0.15, -0.1) is 0 Å². The van der Waals surface area contributed by atoms with Crippen molar-refractivity contribution in [1.82, 2.24) is 10.2 Å². The molecule has 2 rings (SSSR count). The van der Waals surface area contributed by atoms with Crippen molar-refractivity contribution in [1.29, 1.82) is 0 Å². The molecule has 0 saturated carbocycles. The highest BCUT2D eigenvalue weighted by Crippen LogP contribution is 2.20. The van der Waals surface area contributed by atoms with Crippen LogP contribution >= 0.6 is 11.6 Å². The van der Waals surface area contributed by atoms with E-state index >= 15 is 0 Å². The Labute approximate surface area is 115 Å². The molecule has 2 nitrogen and oxygen atoms in total. The van der Waals surface area contributed by atoms with Crippen molar-refractivity contribution in [3.63, 3.8) is 0 Å². The number of rotatable bonds is 4. The van der Waals surface area contributed by atoms with Crippen LogP contribution in [0, 0.1) is 5.92 Å². The first kappa shape index (κ1) is 13.9. The largest absolute Gasteiger partial charge is 0.310 e. The molecular formula is C15H23ClN2. The van der Waals surface area contributed by atoms with Gasteiger partial charge in [-0.05, 0) is 50.9 Å². The van der Waals surface area contributed by atoms with Crippen LogP contribution in [0.1, 0.15) is 25.3 Å². The SMILES string of the molecule is CC(NCc1ccccc1Cl)C1CCCN(C)C1. The van der Waals surface area contributed by atoms with Crippen LogP contribution in [0.25, 0.3) is 0 Å². The van der Waals surface area contributed by atoms with Crippen LogP contribution in [0.3, 0.4) is 0 Å². The predicted octanol–water partition coefficient (Wildman–Crippen LogP) is 3.16. The highest BCUT2D eigenvalue weighted by atomic mass is 35.5. The molecule has 1 saturated heterocycles.